The van der Waals surface area contributed by atoms with Crippen LogP contribution in [-0.4, -0.2) is 20.4 Å². The van der Waals surface area contributed by atoms with Crippen molar-refractivity contribution in [2.75, 3.05) is 5.73 Å². The van der Waals surface area contributed by atoms with Crippen LogP contribution < -0.4 is 11.3 Å². The van der Waals surface area contributed by atoms with Crippen LogP contribution in [0.3, 0.4) is 0 Å². The van der Waals surface area contributed by atoms with Crippen molar-refractivity contribution in [1.82, 2.24) is 20.4 Å². The van der Waals surface area contributed by atoms with Gasteiger partial charge >= 0.3 is 0 Å². The largest absolute Gasteiger partial charge is 0.382 e. The van der Waals surface area contributed by atoms with Gasteiger partial charge in [0.15, 0.2) is 5.69 Å². The second-order valence-corrected chi connectivity index (χ2v) is 4.04. The lowest BCUT2D eigenvalue weighted by Crippen LogP contribution is -1.96. The molecule has 8 nitrogen and oxygen atoms in total. The van der Waals surface area contributed by atoms with Crippen molar-refractivity contribution in [2.24, 2.45) is 10.2 Å². The number of benzene rings is 1. The zero-order valence-corrected chi connectivity index (χ0v) is 10.3. The molecule has 2 aromatic heterocycles. The molecule has 1 aromatic carbocycles. The van der Waals surface area contributed by atoms with E-state index in [1.165, 1.54) is 6.20 Å². The molecule has 0 amide bonds. The summed E-state index contributed by atoms with van der Waals surface area (Å²) in [5, 5.41) is 19.5. The second-order valence-electron chi connectivity index (χ2n) is 4.04. The number of nitrogens with one attached hydrogen (secondary N) is 3. The van der Waals surface area contributed by atoms with E-state index in [4.69, 9.17) is 5.73 Å². The van der Waals surface area contributed by atoms with Gasteiger partial charge in [0.05, 0.1) is 11.9 Å². The van der Waals surface area contributed by atoms with Gasteiger partial charge in [-0.2, -0.15) is 5.10 Å². The fourth-order valence-corrected chi connectivity index (χ4v) is 1.74. The molecule has 3 rings (SSSR count). The van der Waals surface area contributed by atoms with E-state index < -0.39 is 5.56 Å². The minimum atomic E-state index is -0.420. The molecule has 0 unspecified atom stereocenters. The molecule has 0 aliphatic carbocycles. The molecule has 0 aliphatic heterocycles. The van der Waals surface area contributed by atoms with Gasteiger partial charge in [-0.3, -0.25) is 20.1 Å². The van der Waals surface area contributed by atoms with E-state index >= 15 is 0 Å². The van der Waals surface area contributed by atoms with E-state index in [0.717, 1.165) is 11.3 Å². The Kier molecular flexibility index (Phi) is 2.88. The number of rotatable bonds is 3. The Bertz CT molecular complexity index is 797. The van der Waals surface area contributed by atoms with E-state index in [0.29, 0.717) is 5.69 Å². The fraction of sp³-hybridized carbons (Fsp3) is 0. The Hall–Kier alpha value is -3.16. The van der Waals surface area contributed by atoms with Crippen LogP contribution in [-0.2, 0) is 0 Å². The molecule has 0 radical (unpaired) electrons. The minimum absolute atomic E-state index is 0.0465. The standard InChI is InChI=1S/C12H11N7O/c13-11-10(12(20)19-18-11)17-15-8-6-14-16-9(8)7-4-2-1-3-5-7/h1-6H,(H,14,16)(H4,13,18,19,20). The summed E-state index contributed by atoms with van der Waals surface area (Å²) in [6.07, 6.45) is 1.53. The Labute approximate surface area is 112 Å². The number of azo groups is 1. The first-order chi connectivity index (χ1) is 9.75. The van der Waals surface area contributed by atoms with Crippen LogP contribution in [0, 0.1) is 0 Å². The average Bonchev–Trinajstić information content (AvgIpc) is 3.06. The number of hydrogen-bond donors (Lipinski definition) is 4. The highest BCUT2D eigenvalue weighted by Crippen LogP contribution is 2.28. The summed E-state index contributed by atoms with van der Waals surface area (Å²) >= 11 is 0. The maximum absolute atomic E-state index is 11.4. The fourth-order valence-electron chi connectivity index (χ4n) is 1.74. The molecule has 0 atom stereocenters. The Morgan fingerprint density at radius 2 is 1.90 bits per heavy atom. The first-order valence-corrected chi connectivity index (χ1v) is 5.82. The number of H-pyrrole nitrogens is 3. The molecule has 8 heteroatoms. The summed E-state index contributed by atoms with van der Waals surface area (Å²) in [4.78, 5) is 11.4. The lowest BCUT2D eigenvalue weighted by molar-refractivity contribution is 1.06. The van der Waals surface area contributed by atoms with Gasteiger partial charge in [-0.1, -0.05) is 30.3 Å². The Balaban J connectivity index is 1.98. The Morgan fingerprint density at radius 3 is 2.60 bits per heavy atom. The maximum Gasteiger partial charge on any atom is 0.293 e. The average molecular weight is 269 g/mol. The van der Waals surface area contributed by atoms with Gasteiger partial charge in [-0.25, -0.2) is 0 Å². The van der Waals surface area contributed by atoms with Crippen molar-refractivity contribution in [3.8, 4) is 11.3 Å². The molecule has 0 saturated heterocycles. The summed E-state index contributed by atoms with van der Waals surface area (Å²) in [5.74, 6) is 0.142. The molecule has 0 spiro atoms. The lowest BCUT2D eigenvalue weighted by atomic mass is 10.1. The van der Waals surface area contributed by atoms with E-state index in [9.17, 15) is 4.79 Å². The number of nitrogens with zero attached hydrogens (tertiary/aromatic N) is 3. The number of aromatic amines is 3. The quantitative estimate of drug-likeness (QED) is 0.543. The van der Waals surface area contributed by atoms with Crippen LogP contribution in [0.15, 0.2) is 51.6 Å². The molecule has 0 fully saturated rings. The van der Waals surface area contributed by atoms with Crippen molar-refractivity contribution < 1.29 is 0 Å². The third-order valence-electron chi connectivity index (χ3n) is 2.72. The maximum atomic E-state index is 11.4. The minimum Gasteiger partial charge on any atom is -0.382 e. The van der Waals surface area contributed by atoms with Gasteiger partial charge in [0.25, 0.3) is 5.56 Å². The van der Waals surface area contributed by atoms with Crippen molar-refractivity contribution in [3.05, 3.63) is 46.9 Å². The molecule has 2 heterocycles. The predicted molar refractivity (Wildman–Crippen MR) is 74.0 cm³/mol. The van der Waals surface area contributed by atoms with Gasteiger partial charge in [-0.05, 0) is 0 Å². The van der Waals surface area contributed by atoms with Crippen molar-refractivity contribution >= 4 is 17.2 Å². The van der Waals surface area contributed by atoms with Crippen LogP contribution in [0.5, 0.6) is 0 Å². The molecular formula is C12H11N7O. The van der Waals surface area contributed by atoms with E-state index in [2.05, 4.69) is 30.6 Å². The SMILES string of the molecule is Nc1[nH][nH]c(=O)c1N=Nc1cn[nH]c1-c1ccccc1. The van der Waals surface area contributed by atoms with Gasteiger partial charge in [0, 0.05) is 5.56 Å². The Morgan fingerprint density at radius 1 is 1.10 bits per heavy atom. The first kappa shape index (κ1) is 11.9. The number of anilines is 1. The van der Waals surface area contributed by atoms with E-state index in [1.54, 1.807) is 0 Å². The van der Waals surface area contributed by atoms with Gasteiger partial charge < -0.3 is 5.73 Å². The van der Waals surface area contributed by atoms with Gasteiger partial charge in [0.1, 0.15) is 11.5 Å². The second kappa shape index (κ2) is 4.84. The molecule has 0 saturated carbocycles. The molecule has 0 aliphatic rings. The smallest absolute Gasteiger partial charge is 0.293 e. The highest BCUT2D eigenvalue weighted by Gasteiger charge is 2.09. The van der Waals surface area contributed by atoms with Crippen LogP contribution in [0.2, 0.25) is 0 Å². The summed E-state index contributed by atoms with van der Waals surface area (Å²) < 4.78 is 0. The molecule has 0 bridgehead atoms. The number of nitrogen functional groups attached to an aromatic ring is 1. The molecule has 5 N–H and O–H groups in total. The van der Waals surface area contributed by atoms with Crippen molar-refractivity contribution in [3.63, 3.8) is 0 Å². The molecule has 100 valence electrons. The predicted octanol–water partition coefficient (Wildman–Crippen LogP) is 2.09. The zero-order chi connectivity index (χ0) is 13.9. The lowest BCUT2D eigenvalue weighted by Gasteiger charge is -1.97. The normalized spacial score (nSPS) is 11.2. The van der Waals surface area contributed by atoms with Gasteiger partial charge in [0.2, 0.25) is 0 Å². The highest BCUT2D eigenvalue weighted by atomic mass is 16.1. The summed E-state index contributed by atoms with van der Waals surface area (Å²) in [5.41, 5.74) is 7.36. The number of nitrogens with two attached hydrogens (primary N) is 1. The summed E-state index contributed by atoms with van der Waals surface area (Å²) in [6.45, 7) is 0. The van der Waals surface area contributed by atoms with Crippen molar-refractivity contribution in [2.45, 2.75) is 0 Å². The van der Waals surface area contributed by atoms with Crippen LogP contribution in [0.1, 0.15) is 0 Å². The zero-order valence-electron chi connectivity index (χ0n) is 10.3. The van der Waals surface area contributed by atoms with Crippen LogP contribution in [0.25, 0.3) is 11.3 Å². The first-order valence-electron chi connectivity index (χ1n) is 5.82. The number of aromatic nitrogens is 4. The van der Waals surface area contributed by atoms with Crippen LogP contribution >= 0.6 is 0 Å². The van der Waals surface area contributed by atoms with E-state index in [1.807, 2.05) is 30.3 Å². The third kappa shape index (κ3) is 2.09. The van der Waals surface area contributed by atoms with E-state index in [-0.39, 0.29) is 11.5 Å². The third-order valence-corrected chi connectivity index (χ3v) is 2.72. The van der Waals surface area contributed by atoms with Crippen molar-refractivity contribution in [1.29, 1.82) is 0 Å². The number of hydrogen-bond acceptors (Lipinski definition) is 5. The van der Waals surface area contributed by atoms with Gasteiger partial charge in [-0.15, -0.1) is 10.2 Å². The molecular weight excluding hydrogens is 258 g/mol. The highest BCUT2D eigenvalue weighted by molar-refractivity contribution is 5.71. The summed E-state index contributed by atoms with van der Waals surface area (Å²) in [6, 6.07) is 9.58. The summed E-state index contributed by atoms with van der Waals surface area (Å²) in [7, 11) is 0. The van der Waals surface area contributed by atoms with Crippen LogP contribution in [0.4, 0.5) is 17.2 Å². The topological polar surface area (TPSA) is 128 Å². The molecule has 3 aromatic rings. The monoisotopic (exact) mass is 269 g/mol. The molecule has 20 heavy (non-hydrogen) atoms.